The Labute approximate surface area is 95.6 Å². The summed E-state index contributed by atoms with van der Waals surface area (Å²) in [5.74, 6) is 1.11. The number of furan rings is 1. The summed E-state index contributed by atoms with van der Waals surface area (Å²) in [5, 5.41) is 4.73. The fourth-order valence-corrected chi connectivity index (χ4v) is 2.02. The highest BCUT2D eigenvalue weighted by molar-refractivity contribution is 5.77. The molecule has 3 rings (SSSR count). The summed E-state index contributed by atoms with van der Waals surface area (Å²) < 4.78 is 5.76. The fraction of sp³-hybridized carbons (Fsp3) is 0.429. The fourth-order valence-electron chi connectivity index (χ4n) is 2.02. The van der Waals surface area contributed by atoms with Crippen molar-refractivity contribution in [1.29, 1.82) is 0 Å². The van der Waals surface area contributed by atoms with Crippen molar-refractivity contribution in [3.63, 3.8) is 0 Å². The number of fused-ring (bicyclic) bond motifs is 1. The molecule has 0 unspecified atom stereocenters. The van der Waals surface area contributed by atoms with Gasteiger partial charge in [-0.25, -0.2) is 0 Å². The number of para-hydroxylation sites is 1. The number of hydrogen-bond donors (Lipinski definition) is 1. The second-order valence-corrected chi connectivity index (χ2v) is 4.58. The van der Waals surface area contributed by atoms with Crippen molar-refractivity contribution in [1.82, 2.24) is 5.32 Å². The lowest BCUT2D eigenvalue weighted by molar-refractivity contribution is 0.528. The highest BCUT2D eigenvalue weighted by Crippen LogP contribution is 2.20. The van der Waals surface area contributed by atoms with Crippen molar-refractivity contribution in [3.05, 3.63) is 36.1 Å². The quantitative estimate of drug-likeness (QED) is 0.775. The van der Waals surface area contributed by atoms with Crippen LogP contribution in [0.3, 0.4) is 0 Å². The molecule has 1 fully saturated rings. The standard InChI is InChI=1S/C14H17NO/c1-2-6-14-11(4-1)10-13(16-14)5-3-9-15-12-7-8-12/h1-2,4,6,10,12,15H,3,5,7-9H2. The number of nitrogens with one attached hydrogen (secondary N) is 1. The predicted molar refractivity (Wildman–Crippen MR) is 65.6 cm³/mol. The van der Waals surface area contributed by atoms with Crippen molar-refractivity contribution >= 4 is 11.0 Å². The van der Waals surface area contributed by atoms with E-state index in [-0.39, 0.29) is 0 Å². The molecule has 1 aliphatic carbocycles. The summed E-state index contributed by atoms with van der Waals surface area (Å²) in [6, 6.07) is 11.2. The molecule has 2 nitrogen and oxygen atoms in total. The predicted octanol–water partition coefficient (Wildman–Crippen LogP) is 3.12. The largest absolute Gasteiger partial charge is 0.461 e. The van der Waals surface area contributed by atoms with Crippen LogP contribution in [0.4, 0.5) is 0 Å². The Hall–Kier alpha value is -1.28. The Balaban J connectivity index is 1.56. The van der Waals surface area contributed by atoms with Gasteiger partial charge in [0.2, 0.25) is 0 Å². The van der Waals surface area contributed by atoms with Crippen molar-refractivity contribution in [2.45, 2.75) is 31.7 Å². The van der Waals surface area contributed by atoms with E-state index in [0.29, 0.717) is 0 Å². The van der Waals surface area contributed by atoms with Gasteiger partial charge in [0.15, 0.2) is 0 Å². The van der Waals surface area contributed by atoms with Crippen molar-refractivity contribution in [2.24, 2.45) is 0 Å². The Morgan fingerprint density at radius 2 is 2.12 bits per heavy atom. The zero-order valence-electron chi connectivity index (χ0n) is 9.41. The molecule has 1 aliphatic rings. The second-order valence-electron chi connectivity index (χ2n) is 4.58. The van der Waals surface area contributed by atoms with Crippen molar-refractivity contribution < 1.29 is 4.42 Å². The molecule has 0 amide bonds. The first kappa shape index (κ1) is 9.91. The second kappa shape index (κ2) is 4.30. The molecule has 84 valence electrons. The molecular formula is C14H17NO. The average molecular weight is 215 g/mol. The van der Waals surface area contributed by atoms with Gasteiger partial charge >= 0.3 is 0 Å². The van der Waals surface area contributed by atoms with Gasteiger partial charge in [0.25, 0.3) is 0 Å². The molecule has 0 radical (unpaired) electrons. The molecule has 16 heavy (non-hydrogen) atoms. The van der Waals surface area contributed by atoms with Crippen LogP contribution in [0.5, 0.6) is 0 Å². The van der Waals surface area contributed by atoms with Crippen LogP contribution in [0, 0.1) is 0 Å². The molecule has 1 N–H and O–H groups in total. The summed E-state index contributed by atoms with van der Waals surface area (Å²) in [5.41, 5.74) is 1.01. The number of aryl methyl sites for hydroxylation is 1. The van der Waals surface area contributed by atoms with E-state index < -0.39 is 0 Å². The Morgan fingerprint density at radius 3 is 2.94 bits per heavy atom. The van der Waals surface area contributed by atoms with Gasteiger partial charge in [-0.2, -0.15) is 0 Å². The molecule has 0 atom stereocenters. The lowest BCUT2D eigenvalue weighted by atomic mass is 10.2. The lowest BCUT2D eigenvalue weighted by Gasteiger charge is -1.99. The first-order valence-electron chi connectivity index (χ1n) is 6.13. The van der Waals surface area contributed by atoms with E-state index >= 15 is 0 Å². The average Bonchev–Trinajstić information content (AvgIpc) is 3.03. The van der Waals surface area contributed by atoms with Crippen LogP contribution in [-0.4, -0.2) is 12.6 Å². The summed E-state index contributed by atoms with van der Waals surface area (Å²) in [6.45, 7) is 1.11. The normalized spacial score (nSPS) is 15.8. The molecule has 0 spiro atoms. The molecule has 2 aromatic rings. The molecule has 1 aromatic heterocycles. The minimum Gasteiger partial charge on any atom is -0.461 e. The topological polar surface area (TPSA) is 25.2 Å². The van der Waals surface area contributed by atoms with Gasteiger partial charge in [0.05, 0.1) is 0 Å². The van der Waals surface area contributed by atoms with Crippen LogP contribution < -0.4 is 5.32 Å². The molecule has 1 saturated carbocycles. The van der Waals surface area contributed by atoms with Gasteiger partial charge < -0.3 is 9.73 Å². The molecule has 0 bridgehead atoms. The van der Waals surface area contributed by atoms with Gasteiger partial charge in [0.1, 0.15) is 11.3 Å². The SMILES string of the molecule is c1ccc2oc(CCCNC3CC3)cc2c1. The summed E-state index contributed by atoms with van der Waals surface area (Å²) >= 11 is 0. The summed E-state index contributed by atoms with van der Waals surface area (Å²) in [4.78, 5) is 0. The minimum atomic E-state index is 0.815. The van der Waals surface area contributed by atoms with Crippen LogP contribution >= 0.6 is 0 Å². The van der Waals surface area contributed by atoms with E-state index in [1.807, 2.05) is 12.1 Å². The number of hydrogen-bond acceptors (Lipinski definition) is 2. The van der Waals surface area contributed by atoms with Gasteiger partial charge in [-0.3, -0.25) is 0 Å². The van der Waals surface area contributed by atoms with E-state index in [1.165, 1.54) is 18.2 Å². The zero-order valence-corrected chi connectivity index (χ0v) is 9.41. The van der Waals surface area contributed by atoms with E-state index in [1.54, 1.807) is 0 Å². The lowest BCUT2D eigenvalue weighted by Crippen LogP contribution is -2.17. The molecule has 0 aliphatic heterocycles. The maximum Gasteiger partial charge on any atom is 0.134 e. The van der Waals surface area contributed by atoms with Gasteiger partial charge in [-0.1, -0.05) is 18.2 Å². The molecular weight excluding hydrogens is 198 g/mol. The number of benzene rings is 1. The van der Waals surface area contributed by atoms with Crippen LogP contribution in [-0.2, 0) is 6.42 Å². The molecule has 1 aromatic carbocycles. The summed E-state index contributed by atoms with van der Waals surface area (Å²) in [6.07, 6.45) is 4.93. The van der Waals surface area contributed by atoms with E-state index in [2.05, 4.69) is 23.5 Å². The Bertz CT molecular complexity index is 437. The first-order chi connectivity index (χ1) is 7.92. The van der Waals surface area contributed by atoms with E-state index in [4.69, 9.17) is 4.42 Å². The number of rotatable bonds is 5. The van der Waals surface area contributed by atoms with Crippen LogP contribution in [0.2, 0.25) is 0 Å². The van der Waals surface area contributed by atoms with Crippen molar-refractivity contribution in [3.8, 4) is 0 Å². The highest BCUT2D eigenvalue weighted by Gasteiger charge is 2.19. The third kappa shape index (κ3) is 2.27. The van der Waals surface area contributed by atoms with Gasteiger partial charge in [-0.05, 0) is 37.9 Å². The molecule has 2 heteroatoms. The van der Waals surface area contributed by atoms with Crippen molar-refractivity contribution in [2.75, 3.05) is 6.54 Å². The maximum absolute atomic E-state index is 5.76. The Morgan fingerprint density at radius 1 is 1.25 bits per heavy atom. The smallest absolute Gasteiger partial charge is 0.134 e. The van der Waals surface area contributed by atoms with Gasteiger partial charge in [-0.15, -0.1) is 0 Å². The first-order valence-corrected chi connectivity index (χ1v) is 6.13. The maximum atomic E-state index is 5.76. The third-order valence-electron chi connectivity index (χ3n) is 3.09. The molecule has 0 saturated heterocycles. The van der Waals surface area contributed by atoms with E-state index in [9.17, 15) is 0 Å². The Kier molecular flexibility index (Phi) is 2.66. The van der Waals surface area contributed by atoms with Crippen LogP contribution in [0.15, 0.2) is 34.7 Å². The monoisotopic (exact) mass is 215 g/mol. The van der Waals surface area contributed by atoms with Crippen LogP contribution in [0.1, 0.15) is 25.0 Å². The van der Waals surface area contributed by atoms with Crippen LogP contribution in [0.25, 0.3) is 11.0 Å². The highest BCUT2D eigenvalue weighted by atomic mass is 16.3. The summed E-state index contributed by atoms with van der Waals surface area (Å²) in [7, 11) is 0. The third-order valence-corrected chi connectivity index (χ3v) is 3.09. The van der Waals surface area contributed by atoms with Gasteiger partial charge in [0, 0.05) is 17.8 Å². The zero-order chi connectivity index (χ0) is 10.8. The minimum absolute atomic E-state index is 0.815. The molecule has 1 heterocycles. The van der Waals surface area contributed by atoms with E-state index in [0.717, 1.165) is 36.8 Å².